The SMILES string of the molecule is O=C(NCC[NH+]1CCOCC1)c1cc2ccccc2o1. The maximum absolute atomic E-state index is 12.0. The van der Waals surface area contributed by atoms with Crippen molar-refractivity contribution < 1.29 is 18.8 Å². The molecule has 0 unspecified atom stereocenters. The minimum absolute atomic E-state index is 0.145. The lowest BCUT2D eigenvalue weighted by Gasteiger charge is -2.23. The molecule has 106 valence electrons. The topological polar surface area (TPSA) is 55.9 Å². The summed E-state index contributed by atoms with van der Waals surface area (Å²) in [5.74, 6) is 0.233. The highest BCUT2D eigenvalue weighted by Gasteiger charge is 2.15. The number of hydrogen-bond donors (Lipinski definition) is 2. The Balaban J connectivity index is 1.53. The van der Waals surface area contributed by atoms with Gasteiger partial charge in [-0.25, -0.2) is 0 Å². The molecule has 1 amide bonds. The van der Waals surface area contributed by atoms with Gasteiger partial charge in [0, 0.05) is 5.39 Å². The van der Waals surface area contributed by atoms with E-state index in [1.165, 1.54) is 4.90 Å². The van der Waals surface area contributed by atoms with E-state index in [0.717, 1.165) is 43.8 Å². The van der Waals surface area contributed by atoms with Crippen molar-refractivity contribution in [3.05, 3.63) is 36.1 Å². The van der Waals surface area contributed by atoms with Crippen molar-refractivity contribution in [2.24, 2.45) is 0 Å². The van der Waals surface area contributed by atoms with Gasteiger partial charge < -0.3 is 19.4 Å². The molecule has 0 radical (unpaired) electrons. The molecule has 1 saturated heterocycles. The zero-order valence-electron chi connectivity index (χ0n) is 11.4. The molecule has 1 aliphatic heterocycles. The van der Waals surface area contributed by atoms with Gasteiger partial charge in [-0.15, -0.1) is 0 Å². The maximum atomic E-state index is 12.0. The fourth-order valence-electron chi connectivity index (χ4n) is 2.44. The molecule has 0 spiro atoms. The van der Waals surface area contributed by atoms with Crippen LogP contribution in [0.5, 0.6) is 0 Å². The summed E-state index contributed by atoms with van der Waals surface area (Å²) in [5, 5.41) is 3.87. The standard InChI is InChI=1S/C15H18N2O3/c18-15(16-5-6-17-7-9-19-10-8-17)14-11-12-3-1-2-4-13(12)20-14/h1-4,11H,5-10H2,(H,16,18)/p+1. The highest BCUT2D eigenvalue weighted by Crippen LogP contribution is 2.18. The number of carbonyl (C=O) groups is 1. The molecule has 0 bridgehead atoms. The molecule has 1 aromatic carbocycles. The van der Waals surface area contributed by atoms with Crippen molar-refractivity contribution in [1.82, 2.24) is 5.32 Å². The second-order valence-electron chi connectivity index (χ2n) is 5.02. The lowest BCUT2D eigenvalue weighted by atomic mass is 10.2. The van der Waals surface area contributed by atoms with Crippen LogP contribution in [0, 0.1) is 0 Å². The smallest absolute Gasteiger partial charge is 0.287 e. The maximum Gasteiger partial charge on any atom is 0.287 e. The van der Waals surface area contributed by atoms with Crippen molar-refractivity contribution in [2.45, 2.75) is 0 Å². The number of rotatable bonds is 4. The van der Waals surface area contributed by atoms with Crippen LogP contribution in [0.2, 0.25) is 0 Å². The first-order valence-corrected chi connectivity index (χ1v) is 7.01. The van der Waals surface area contributed by atoms with Gasteiger partial charge in [0.15, 0.2) is 5.76 Å². The van der Waals surface area contributed by atoms with Crippen molar-refractivity contribution in [2.75, 3.05) is 39.4 Å². The van der Waals surface area contributed by atoms with E-state index in [4.69, 9.17) is 9.15 Å². The van der Waals surface area contributed by atoms with Crippen LogP contribution in [0.1, 0.15) is 10.6 Å². The molecular weight excluding hydrogens is 256 g/mol. The lowest BCUT2D eigenvalue weighted by molar-refractivity contribution is -0.906. The van der Waals surface area contributed by atoms with Crippen LogP contribution in [0.25, 0.3) is 11.0 Å². The van der Waals surface area contributed by atoms with E-state index in [9.17, 15) is 4.79 Å². The molecule has 1 aromatic heterocycles. The van der Waals surface area contributed by atoms with Crippen molar-refractivity contribution >= 4 is 16.9 Å². The van der Waals surface area contributed by atoms with Gasteiger partial charge in [-0.2, -0.15) is 0 Å². The van der Waals surface area contributed by atoms with Gasteiger partial charge in [-0.1, -0.05) is 18.2 Å². The summed E-state index contributed by atoms with van der Waals surface area (Å²) in [4.78, 5) is 13.5. The van der Waals surface area contributed by atoms with Crippen LogP contribution in [0.3, 0.4) is 0 Å². The Morgan fingerprint density at radius 2 is 2.05 bits per heavy atom. The van der Waals surface area contributed by atoms with Crippen LogP contribution in [0.4, 0.5) is 0 Å². The predicted molar refractivity (Wildman–Crippen MR) is 74.9 cm³/mol. The summed E-state index contributed by atoms with van der Waals surface area (Å²) in [6.45, 7) is 5.24. The minimum atomic E-state index is -0.145. The Kier molecular flexibility index (Phi) is 3.99. The largest absolute Gasteiger partial charge is 0.451 e. The fraction of sp³-hybridized carbons (Fsp3) is 0.400. The van der Waals surface area contributed by atoms with E-state index in [0.29, 0.717) is 12.3 Å². The Morgan fingerprint density at radius 1 is 1.25 bits per heavy atom. The Morgan fingerprint density at radius 3 is 2.85 bits per heavy atom. The van der Waals surface area contributed by atoms with E-state index in [-0.39, 0.29) is 5.91 Å². The first kappa shape index (κ1) is 13.1. The highest BCUT2D eigenvalue weighted by molar-refractivity contribution is 5.95. The molecule has 2 heterocycles. The third-order valence-corrected chi connectivity index (χ3v) is 3.61. The molecule has 0 atom stereocenters. The van der Waals surface area contributed by atoms with Crippen LogP contribution in [-0.4, -0.2) is 45.3 Å². The Labute approximate surface area is 117 Å². The van der Waals surface area contributed by atoms with Gasteiger partial charge >= 0.3 is 0 Å². The van der Waals surface area contributed by atoms with Crippen LogP contribution < -0.4 is 10.2 Å². The number of para-hydroxylation sites is 1. The quantitative estimate of drug-likeness (QED) is 0.831. The monoisotopic (exact) mass is 275 g/mol. The van der Waals surface area contributed by atoms with E-state index in [2.05, 4.69) is 5.32 Å². The zero-order valence-corrected chi connectivity index (χ0v) is 11.4. The molecule has 1 fully saturated rings. The van der Waals surface area contributed by atoms with Gasteiger partial charge in [0.2, 0.25) is 0 Å². The Hall–Kier alpha value is -1.85. The number of carbonyl (C=O) groups excluding carboxylic acids is 1. The van der Waals surface area contributed by atoms with Crippen molar-refractivity contribution in [3.8, 4) is 0 Å². The number of ether oxygens (including phenoxy) is 1. The molecule has 5 heteroatoms. The molecule has 1 aliphatic rings. The number of quaternary nitrogens is 1. The van der Waals surface area contributed by atoms with Gasteiger partial charge in [-0.3, -0.25) is 4.79 Å². The predicted octanol–water partition coefficient (Wildman–Crippen LogP) is 0.0777. The number of fused-ring (bicyclic) bond motifs is 1. The third kappa shape index (κ3) is 3.00. The van der Waals surface area contributed by atoms with Gasteiger partial charge in [-0.05, 0) is 12.1 Å². The number of amides is 1. The first-order valence-electron chi connectivity index (χ1n) is 7.01. The number of furan rings is 1. The second-order valence-corrected chi connectivity index (χ2v) is 5.02. The normalized spacial score (nSPS) is 16.4. The summed E-state index contributed by atoms with van der Waals surface area (Å²) in [5.41, 5.74) is 0.747. The Bertz CT molecular complexity index is 555. The summed E-state index contributed by atoms with van der Waals surface area (Å²) >= 11 is 0. The lowest BCUT2D eigenvalue weighted by Crippen LogP contribution is -3.14. The average Bonchev–Trinajstić information content (AvgIpc) is 2.92. The van der Waals surface area contributed by atoms with Crippen molar-refractivity contribution in [1.29, 1.82) is 0 Å². The van der Waals surface area contributed by atoms with E-state index >= 15 is 0 Å². The van der Waals surface area contributed by atoms with E-state index in [1.54, 1.807) is 6.07 Å². The second kappa shape index (κ2) is 6.07. The summed E-state index contributed by atoms with van der Waals surface area (Å²) in [7, 11) is 0. The van der Waals surface area contributed by atoms with Gasteiger partial charge in [0.05, 0.1) is 26.3 Å². The minimum Gasteiger partial charge on any atom is -0.451 e. The van der Waals surface area contributed by atoms with Crippen molar-refractivity contribution in [3.63, 3.8) is 0 Å². The fourth-order valence-corrected chi connectivity index (χ4v) is 2.44. The number of benzene rings is 1. The number of hydrogen-bond acceptors (Lipinski definition) is 3. The number of nitrogens with one attached hydrogen (secondary N) is 2. The summed E-state index contributed by atoms with van der Waals surface area (Å²) in [6, 6.07) is 9.42. The van der Waals surface area contributed by atoms with E-state index < -0.39 is 0 Å². The molecule has 20 heavy (non-hydrogen) atoms. The van der Waals surface area contributed by atoms with Crippen LogP contribution in [-0.2, 0) is 4.74 Å². The molecule has 2 N–H and O–H groups in total. The van der Waals surface area contributed by atoms with E-state index in [1.807, 2.05) is 24.3 Å². The first-order chi connectivity index (χ1) is 9.83. The molecule has 5 nitrogen and oxygen atoms in total. The molecule has 0 saturated carbocycles. The average molecular weight is 275 g/mol. The van der Waals surface area contributed by atoms with Gasteiger partial charge in [0.25, 0.3) is 5.91 Å². The highest BCUT2D eigenvalue weighted by atomic mass is 16.5. The third-order valence-electron chi connectivity index (χ3n) is 3.61. The molecule has 0 aliphatic carbocycles. The van der Waals surface area contributed by atoms with Gasteiger partial charge in [0.1, 0.15) is 18.7 Å². The van der Waals surface area contributed by atoms with Crippen LogP contribution in [0.15, 0.2) is 34.7 Å². The number of morpholine rings is 1. The molecular formula is C15H19N2O3+. The molecule has 3 rings (SSSR count). The summed E-state index contributed by atoms with van der Waals surface area (Å²) < 4.78 is 10.8. The summed E-state index contributed by atoms with van der Waals surface area (Å²) in [6.07, 6.45) is 0. The van der Waals surface area contributed by atoms with Crippen LogP contribution >= 0.6 is 0 Å². The zero-order chi connectivity index (χ0) is 13.8. The molecule has 2 aromatic rings.